The molecule has 2 heterocycles. The van der Waals surface area contributed by atoms with Gasteiger partial charge in [0.05, 0.1) is 10.7 Å². The molecule has 84 valence electrons. The van der Waals surface area contributed by atoms with Crippen molar-refractivity contribution in [2.24, 2.45) is 0 Å². The Labute approximate surface area is 102 Å². The average Bonchev–Trinajstić information content (AvgIpc) is 2.64. The minimum atomic E-state index is 0.518. The lowest BCUT2D eigenvalue weighted by molar-refractivity contribution is 0.575. The van der Waals surface area contributed by atoms with E-state index in [4.69, 9.17) is 10.2 Å². The van der Waals surface area contributed by atoms with E-state index in [0.717, 1.165) is 22.2 Å². The Bertz CT molecular complexity index is 499. The molecule has 0 fully saturated rings. The summed E-state index contributed by atoms with van der Waals surface area (Å²) in [6.07, 6.45) is 2.42. The second-order valence-electron chi connectivity index (χ2n) is 3.45. The first-order valence-corrected chi connectivity index (χ1v) is 5.79. The molecule has 0 aliphatic heterocycles. The van der Waals surface area contributed by atoms with Crippen molar-refractivity contribution in [3.8, 4) is 11.6 Å². The number of aromatic nitrogens is 2. The first-order valence-electron chi connectivity index (χ1n) is 4.99. The Balaban J connectivity index is 2.57. The number of halogens is 1. The van der Waals surface area contributed by atoms with Crippen LogP contribution < -0.4 is 5.73 Å². The fourth-order valence-corrected chi connectivity index (χ4v) is 1.99. The highest BCUT2D eigenvalue weighted by molar-refractivity contribution is 9.10. The van der Waals surface area contributed by atoms with Gasteiger partial charge < -0.3 is 10.2 Å². The summed E-state index contributed by atoms with van der Waals surface area (Å²) in [6, 6.07) is 1.80. The fraction of sp³-hybridized carbons (Fsp3) is 0.273. The first kappa shape index (κ1) is 11.1. The molecule has 5 heteroatoms. The maximum atomic E-state index is 5.88. The van der Waals surface area contributed by atoms with Crippen LogP contribution in [0.15, 0.2) is 21.2 Å². The van der Waals surface area contributed by atoms with Crippen LogP contribution in [0.25, 0.3) is 11.6 Å². The standard InChI is InChI=1S/C11H12BrN3O/c1-3-7-6(2)14-11(15-10(7)13)9-8(12)4-5-16-9/h4-5H,3H2,1-2H3,(H2,13,14,15). The highest BCUT2D eigenvalue weighted by Gasteiger charge is 2.13. The molecule has 2 rings (SSSR count). The molecular formula is C11H12BrN3O. The topological polar surface area (TPSA) is 64.9 Å². The van der Waals surface area contributed by atoms with Gasteiger partial charge in [0.1, 0.15) is 5.82 Å². The normalized spacial score (nSPS) is 10.7. The number of nitrogen functional groups attached to an aromatic ring is 1. The number of furan rings is 1. The van der Waals surface area contributed by atoms with Crippen molar-refractivity contribution in [1.29, 1.82) is 0 Å². The van der Waals surface area contributed by atoms with E-state index in [-0.39, 0.29) is 0 Å². The Hall–Kier alpha value is -1.36. The maximum absolute atomic E-state index is 5.88. The number of hydrogen-bond acceptors (Lipinski definition) is 4. The number of hydrogen-bond donors (Lipinski definition) is 1. The lowest BCUT2D eigenvalue weighted by Gasteiger charge is -2.07. The van der Waals surface area contributed by atoms with Gasteiger partial charge in [-0.3, -0.25) is 0 Å². The van der Waals surface area contributed by atoms with E-state index in [0.29, 0.717) is 17.4 Å². The molecule has 16 heavy (non-hydrogen) atoms. The summed E-state index contributed by atoms with van der Waals surface area (Å²) >= 11 is 3.37. The van der Waals surface area contributed by atoms with Crippen LogP contribution in [0.4, 0.5) is 5.82 Å². The van der Waals surface area contributed by atoms with Crippen LogP contribution in [0.3, 0.4) is 0 Å². The van der Waals surface area contributed by atoms with Gasteiger partial charge in [-0.25, -0.2) is 9.97 Å². The summed E-state index contributed by atoms with van der Waals surface area (Å²) < 4.78 is 6.14. The lowest BCUT2D eigenvalue weighted by atomic mass is 10.1. The van der Waals surface area contributed by atoms with Crippen LogP contribution in [-0.4, -0.2) is 9.97 Å². The Morgan fingerprint density at radius 3 is 2.69 bits per heavy atom. The van der Waals surface area contributed by atoms with E-state index in [1.165, 1.54) is 0 Å². The molecule has 2 N–H and O–H groups in total. The minimum absolute atomic E-state index is 0.518. The largest absolute Gasteiger partial charge is 0.460 e. The monoisotopic (exact) mass is 281 g/mol. The Morgan fingerprint density at radius 1 is 1.44 bits per heavy atom. The van der Waals surface area contributed by atoms with Gasteiger partial charge in [-0.1, -0.05) is 6.92 Å². The van der Waals surface area contributed by atoms with Crippen LogP contribution in [-0.2, 0) is 6.42 Å². The highest BCUT2D eigenvalue weighted by Crippen LogP contribution is 2.28. The van der Waals surface area contributed by atoms with Crippen molar-refractivity contribution in [3.05, 3.63) is 28.1 Å². The van der Waals surface area contributed by atoms with E-state index >= 15 is 0 Å². The third-order valence-corrected chi connectivity index (χ3v) is 3.04. The Kier molecular flexibility index (Phi) is 2.96. The maximum Gasteiger partial charge on any atom is 0.199 e. The van der Waals surface area contributed by atoms with Gasteiger partial charge >= 0.3 is 0 Å². The fourth-order valence-electron chi connectivity index (χ4n) is 1.61. The van der Waals surface area contributed by atoms with E-state index in [1.54, 1.807) is 12.3 Å². The van der Waals surface area contributed by atoms with Gasteiger partial charge in [0.25, 0.3) is 0 Å². The molecule has 0 spiro atoms. The van der Waals surface area contributed by atoms with Crippen LogP contribution in [0, 0.1) is 6.92 Å². The molecule has 0 saturated heterocycles. The van der Waals surface area contributed by atoms with E-state index in [1.807, 2.05) is 13.8 Å². The Morgan fingerprint density at radius 2 is 2.19 bits per heavy atom. The van der Waals surface area contributed by atoms with Gasteiger partial charge in [-0.05, 0) is 35.3 Å². The van der Waals surface area contributed by atoms with Gasteiger partial charge in [0.15, 0.2) is 11.6 Å². The molecule has 2 aromatic heterocycles. The van der Waals surface area contributed by atoms with Crippen molar-refractivity contribution in [2.75, 3.05) is 5.73 Å². The van der Waals surface area contributed by atoms with Crippen LogP contribution in [0.1, 0.15) is 18.2 Å². The third kappa shape index (κ3) is 1.82. The molecule has 0 bridgehead atoms. The molecule has 2 aromatic rings. The van der Waals surface area contributed by atoms with Crippen molar-refractivity contribution in [2.45, 2.75) is 20.3 Å². The van der Waals surface area contributed by atoms with E-state index < -0.39 is 0 Å². The number of rotatable bonds is 2. The molecule has 0 aromatic carbocycles. The molecule has 0 amide bonds. The zero-order chi connectivity index (χ0) is 11.7. The van der Waals surface area contributed by atoms with Gasteiger partial charge in [-0.15, -0.1) is 0 Å². The minimum Gasteiger partial charge on any atom is -0.460 e. The quantitative estimate of drug-likeness (QED) is 0.919. The summed E-state index contributed by atoms with van der Waals surface area (Å²) in [5.74, 6) is 1.65. The number of nitrogens with zero attached hydrogens (tertiary/aromatic N) is 2. The molecule has 0 radical (unpaired) electrons. The zero-order valence-corrected chi connectivity index (χ0v) is 10.7. The summed E-state index contributed by atoms with van der Waals surface area (Å²) in [7, 11) is 0. The molecule has 0 aliphatic carbocycles. The predicted molar refractivity (Wildman–Crippen MR) is 66.0 cm³/mol. The van der Waals surface area contributed by atoms with Gasteiger partial charge in [0, 0.05) is 11.3 Å². The number of nitrogens with two attached hydrogens (primary N) is 1. The lowest BCUT2D eigenvalue weighted by Crippen LogP contribution is -2.04. The molecule has 0 aliphatic rings. The van der Waals surface area contributed by atoms with E-state index in [9.17, 15) is 0 Å². The van der Waals surface area contributed by atoms with Gasteiger partial charge in [-0.2, -0.15) is 0 Å². The summed E-state index contributed by atoms with van der Waals surface area (Å²) in [5, 5.41) is 0. The second kappa shape index (κ2) is 4.25. The molecule has 0 atom stereocenters. The van der Waals surface area contributed by atoms with Crippen LogP contribution in [0.5, 0.6) is 0 Å². The summed E-state index contributed by atoms with van der Waals surface area (Å²) in [6.45, 7) is 3.96. The van der Waals surface area contributed by atoms with Crippen molar-refractivity contribution in [1.82, 2.24) is 9.97 Å². The zero-order valence-electron chi connectivity index (χ0n) is 9.12. The number of aryl methyl sites for hydroxylation is 1. The molecule has 4 nitrogen and oxygen atoms in total. The second-order valence-corrected chi connectivity index (χ2v) is 4.30. The van der Waals surface area contributed by atoms with Crippen LogP contribution >= 0.6 is 15.9 Å². The SMILES string of the molecule is CCc1c(C)nc(-c2occc2Br)nc1N. The average molecular weight is 282 g/mol. The third-order valence-electron chi connectivity index (χ3n) is 2.42. The molecule has 0 saturated carbocycles. The smallest absolute Gasteiger partial charge is 0.199 e. The number of anilines is 1. The summed E-state index contributed by atoms with van der Waals surface area (Å²) in [4.78, 5) is 8.64. The predicted octanol–water partition coefficient (Wildman–Crippen LogP) is 2.95. The van der Waals surface area contributed by atoms with Crippen molar-refractivity contribution in [3.63, 3.8) is 0 Å². The first-order chi connectivity index (χ1) is 7.63. The highest BCUT2D eigenvalue weighted by atomic mass is 79.9. The van der Waals surface area contributed by atoms with Crippen LogP contribution in [0.2, 0.25) is 0 Å². The molecule has 0 unspecified atom stereocenters. The summed E-state index contributed by atoms with van der Waals surface area (Å²) in [5.41, 5.74) is 7.77. The van der Waals surface area contributed by atoms with Crippen molar-refractivity contribution >= 4 is 21.7 Å². The van der Waals surface area contributed by atoms with E-state index in [2.05, 4.69) is 25.9 Å². The van der Waals surface area contributed by atoms with Gasteiger partial charge in [0.2, 0.25) is 0 Å². The van der Waals surface area contributed by atoms with Crippen molar-refractivity contribution < 1.29 is 4.42 Å². The molecular weight excluding hydrogens is 270 g/mol.